The average Bonchev–Trinajstić information content (AvgIpc) is 2.97. The Bertz CT molecular complexity index is 1020. The predicted molar refractivity (Wildman–Crippen MR) is 168 cm³/mol. The summed E-state index contributed by atoms with van der Waals surface area (Å²) in [5.41, 5.74) is -0.363. The zero-order valence-corrected chi connectivity index (χ0v) is 29.4. The molecule has 9 heteroatoms. The van der Waals surface area contributed by atoms with Gasteiger partial charge < -0.3 is 14.0 Å². The largest absolute Gasteiger partial charge is 1.00 e. The normalized spacial score (nSPS) is 11.0. The van der Waals surface area contributed by atoms with Gasteiger partial charge >= 0.3 is 41.5 Å². The molecule has 0 spiro atoms. The van der Waals surface area contributed by atoms with Crippen LogP contribution in [0, 0.1) is 0 Å². The summed E-state index contributed by atoms with van der Waals surface area (Å²) in [6.45, 7) is 7.83. The van der Waals surface area contributed by atoms with Crippen LogP contribution >= 0.6 is 0 Å². The molecule has 0 saturated heterocycles. The summed E-state index contributed by atoms with van der Waals surface area (Å²) in [6, 6.07) is 3.08. The van der Waals surface area contributed by atoms with Crippen LogP contribution in [0.4, 0.5) is 0 Å². The molecule has 0 N–H and O–H groups in total. The van der Waals surface area contributed by atoms with Gasteiger partial charge in [0.15, 0.2) is 0 Å². The average molecular weight is 629 g/mol. The van der Waals surface area contributed by atoms with Crippen molar-refractivity contribution in [3.63, 3.8) is 0 Å². The quantitative estimate of drug-likeness (QED) is 0.0382. The van der Waals surface area contributed by atoms with Crippen LogP contribution < -0.4 is 29.6 Å². The molecule has 0 aliphatic heterocycles. The molecule has 0 aliphatic carbocycles. The van der Waals surface area contributed by atoms with E-state index in [1.165, 1.54) is 64.2 Å². The van der Waals surface area contributed by atoms with Crippen LogP contribution in [0.15, 0.2) is 48.4 Å². The van der Waals surface area contributed by atoms with E-state index in [9.17, 15) is 22.6 Å². The molecule has 0 heterocycles. The van der Waals surface area contributed by atoms with Crippen LogP contribution in [0.3, 0.4) is 0 Å². The Morgan fingerprint density at radius 1 is 0.605 bits per heavy atom. The number of ether oxygens (including phenoxy) is 2. The first kappa shape index (κ1) is 41.5. The maximum atomic E-state index is 12.8. The summed E-state index contributed by atoms with van der Waals surface area (Å²) in [4.78, 5) is 24.9. The maximum Gasteiger partial charge on any atom is 1.00 e. The van der Waals surface area contributed by atoms with E-state index in [2.05, 4.69) is 13.2 Å². The maximum absolute atomic E-state index is 12.8. The Balaban J connectivity index is 0.0000176. The van der Waals surface area contributed by atoms with Crippen LogP contribution in [0.5, 0.6) is 0 Å². The Morgan fingerprint density at radius 3 is 1.33 bits per heavy atom. The van der Waals surface area contributed by atoms with Crippen molar-refractivity contribution in [3.8, 4) is 0 Å². The summed E-state index contributed by atoms with van der Waals surface area (Å²) in [5.74, 6) is -1.57. The molecule has 0 atom stereocenters. The fourth-order valence-corrected chi connectivity index (χ4v) is 5.26. The first-order valence-corrected chi connectivity index (χ1v) is 17.4. The topological polar surface area (TPSA) is 110 Å². The van der Waals surface area contributed by atoms with E-state index >= 15 is 0 Å². The van der Waals surface area contributed by atoms with E-state index in [4.69, 9.17) is 9.47 Å². The van der Waals surface area contributed by atoms with E-state index in [0.717, 1.165) is 69.6 Å². The molecular formula is C34H53NaO7S. The number of hydrogen-bond acceptors (Lipinski definition) is 7. The van der Waals surface area contributed by atoms with Gasteiger partial charge in [0.25, 0.3) is 0 Å². The van der Waals surface area contributed by atoms with Crippen molar-refractivity contribution in [3.05, 3.63) is 54.6 Å². The van der Waals surface area contributed by atoms with Crippen molar-refractivity contribution >= 4 is 22.1 Å². The van der Waals surface area contributed by atoms with Gasteiger partial charge in [-0.3, -0.25) is 0 Å². The predicted octanol–water partition coefficient (Wildman–Crippen LogP) is 6.08. The number of unbranched alkanes of at least 4 members (excludes halogenated alkanes) is 18. The number of esters is 2. The van der Waals surface area contributed by atoms with Gasteiger partial charge in [0.1, 0.15) is 10.1 Å². The molecule has 1 rings (SSSR count). The second kappa shape index (κ2) is 26.9. The van der Waals surface area contributed by atoms with Crippen molar-refractivity contribution in [1.82, 2.24) is 0 Å². The smallest absolute Gasteiger partial charge is 0.744 e. The summed E-state index contributed by atoms with van der Waals surface area (Å²) in [6.07, 6.45) is 25.9. The summed E-state index contributed by atoms with van der Waals surface area (Å²) >= 11 is 0. The zero-order chi connectivity index (χ0) is 30.9. The Morgan fingerprint density at radius 2 is 0.953 bits per heavy atom. The van der Waals surface area contributed by atoms with Gasteiger partial charge in [0.2, 0.25) is 0 Å². The Kier molecular flexibility index (Phi) is 26.0. The van der Waals surface area contributed by atoms with Crippen LogP contribution in [0.1, 0.15) is 149 Å². The van der Waals surface area contributed by atoms with E-state index in [1.807, 2.05) is 12.2 Å². The van der Waals surface area contributed by atoms with Crippen molar-refractivity contribution in [2.75, 3.05) is 13.2 Å². The van der Waals surface area contributed by atoms with Crippen molar-refractivity contribution in [2.24, 2.45) is 0 Å². The molecule has 7 nitrogen and oxygen atoms in total. The molecular weight excluding hydrogens is 575 g/mol. The molecule has 0 bridgehead atoms. The molecule has 1 aromatic rings. The van der Waals surface area contributed by atoms with E-state index in [1.54, 1.807) is 0 Å². The van der Waals surface area contributed by atoms with Crippen LogP contribution in [0.2, 0.25) is 0 Å². The molecule has 0 fully saturated rings. The van der Waals surface area contributed by atoms with Gasteiger partial charge in [0.05, 0.1) is 29.2 Å². The fourth-order valence-electron chi connectivity index (χ4n) is 4.77. The number of rotatable bonds is 27. The zero-order valence-electron chi connectivity index (χ0n) is 26.6. The summed E-state index contributed by atoms with van der Waals surface area (Å²) in [5, 5.41) is 0. The van der Waals surface area contributed by atoms with Gasteiger partial charge in [-0.05, 0) is 56.7 Å². The fraction of sp³-hybridized carbons (Fsp3) is 0.647. The second-order valence-corrected chi connectivity index (χ2v) is 12.3. The minimum atomic E-state index is -4.81. The minimum Gasteiger partial charge on any atom is -0.744 e. The first-order chi connectivity index (χ1) is 20.3. The van der Waals surface area contributed by atoms with Gasteiger partial charge in [0, 0.05) is 0 Å². The third-order valence-electron chi connectivity index (χ3n) is 7.29. The molecule has 43 heavy (non-hydrogen) atoms. The van der Waals surface area contributed by atoms with E-state index in [0.29, 0.717) is 12.8 Å². The van der Waals surface area contributed by atoms with Crippen molar-refractivity contribution in [2.45, 2.75) is 133 Å². The van der Waals surface area contributed by atoms with Crippen LogP contribution in [-0.4, -0.2) is 38.1 Å². The minimum absolute atomic E-state index is 0. The number of hydrogen-bond donors (Lipinski definition) is 0. The number of carbonyl (C=O) groups is 2. The Labute approximate surface area is 283 Å². The Hall–Kier alpha value is -1.45. The second-order valence-electron chi connectivity index (χ2n) is 11.0. The molecule has 0 unspecified atom stereocenters. The standard InChI is InChI=1S/C34H54O7S.Na/c1-3-5-7-9-11-13-15-17-19-21-23-27-40-33(35)31-26-25-30(42(37,38)39)29-32(31)34(36)41-28-24-22-20-18-16-14-12-10-8-6-4-2;/h3-4,25-26,29H,1-2,5-24,27-28H2,(H,37,38,39);/q;+1/p-1. The monoisotopic (exact) mass is 628 g/mol. The van der Waals surface area contributed by atoms with Gasteiger partial charge in [-0.1, -0.05) is 102 Å². The molecule has 238 valence electrons. The van der Waals surface area contributed by atoms with E-state index in [-0.39, 0.29) is 53.9 Å². The molecule has 0 saturated carbocycles. The summed E-state index contributed by atoms with van der Waals surface area (Å²) in [7, 11) is -4.81. The third-order valence-corrected chi connectivity index (χ3v) is 8.12. The molecule has 0 amide bonds. The molecule has 0 radical (unpaired) electrons. The van der Waals surface area contributed by atoms with Gasteiger partial charge in [-0.2, -0.15) is 0 Å². The van der Waals surface area contributed by atoms with Crippen molar-refractivity contribution < 1.29 is 61.6 Å². The van der Waals surface area contributed by atoms with Crippen molar-refractivity contribution in [1.29, 1.82) is 0 Å². The first-order valence-electron chi connectivity index (χ1n) is 16.0. The van der Waals surface area contributed by atoms with Gasteiger partial charge in [-0.15, -0.1) is 13.2 Å². The molecule has 1 aromatic carbocycles. The molecule has 0 aromatic heterocycles. The number of carbonyl (C=O) groups excluding carboxylic acids is 2. The van der Waals surface area contributed by atoms with Crippen LogP contribution in [-0.2, 0) is 19.6 Å². The SMILES string of the molecule is C=CCCCCCCCCCCCOC(=O)c1ccc(S(=O)(=O)[O-])cc1C(=O)OCCCCCCCCCCCC=C.[Na+]. The number of allylic oxidation sites excluding steroid dienone is 2. The molecule has 0 aliphatic rings. The van der Waals surface area contributed by atoms with Gasteiger partial charge in [-0.25, -0.2) is 18.0 Å². The van der Waals surface area contributed by atoms with Crippen LogP contribution in [0.25, 0.3) is 0 Å². The summed E-state index contributed by atoms with van der Waals surface area (Å²) < 4.78 is 45.3. The van der Waals surface area contributed by atoms with E-state index < -0.39 is 27.0 Å². The number of benzene rings is 1. The third kappa shape index (κ3) is 21.0.